The van der Waals surface area contributed by atoms with Gasteiger partial charge in [0.2, 0.25) is 11.8 Å². The van der Waals surface area contributed by atoms with E-state index < -0.39 is 0 Å². The van der Waals surface area contributed by atoms with Crippen molar-refractivity contribution in [2.45, 2.75) is 52.4 Å². The Morgan fingerprint density at radius 1 is 1.04 bits per heavy atom. The predicted molar refractivity (Wildman–Crippen MR) is 105 cm³/mol. The van der Waals surface area contributed by atoms with Crippen molar-refractivity contribution in [3.8, 4) is 0 Å². The lowest BCUT2D eigenvalue weighted by atomic mass is 9.80. The van der Waals surface area contributed by atoms with Gasteiger partial charge in [-0.1, -0.05) is 24.6 Å². The number of likely N-dealkylation sites (tertiary alicyclic amines) is 1. The van der Waals surface area contributed by atoms with Gasteiger partial charge < -0.3 is 10.2 Å². The molecule has 0 spiro atoms. The molecule has 1 aliphatic carbocycles. The highest BCUT2D eigenvalue weighted by molar-refractivity contribution is 6.31. The fourth-order valence-electron chi connectivity index (χ4n) is 4.05. The molecule has 1 heterocycles. The minimum atomic E-state index is -0.0150. The van der Waals surface area contributed by atoms with E-state index in [1.54, 1.807) is 6.07 Å². The summed E-state index contributed by atoms with van der Waals surface area (Å²) < 4.78 is 0. The second kappa shape index (κ2) is 8.43. The van der Waals surface area contributed by atoms with E-state index in [-0.39, 0.29) is 17.7 Å². The number of halogens is 1. The van der Waals surface area contributed by atoms with E-state index in [1.165, 1.54) is 0 Å². The van der Waals surface area contributed by atoms with Gasteiger partial charge in [0, 0.05) is 35.6 Å². The van der Waals surface area contributed by atoms with Gasteiger partial charge in [-0.25, -0.2) is 0 Å². The predicted octanol–water partition coefficient (Wildman–Crippen LogP) is 4.65. The average molecular weight is 377 g/mol. The number of piperidine rings is 1. The fraction of sp³-hybridized carbons (Fsp3) is 0.619. The maximum Gasteiger partial charge on any atom is 0.227 e. The van der Waals surface area contributed by atoms with Gasteiger partial charge in [-0.15, -0.1) is 0 Å². The molecule has 0 unspecified atom stereocenters. The van der Waals surface area contributed by atoms with Gasteiger partial charge in [0.05, 0.1) is 0 Å². The Morgan fingerprint density at radius 2 is 1.65 bits per heavy atom. The lowest BCUT2D eigenvalue weighted by molar-refractivity contribution is -0.139. The molecule has 142 valence electrons. The Bertz CT molecular complexity index is 660. The van der Waals surface area contributed by atoms with Crippen molar-refractivity contribution in [1.82, 2.24) is 4.90 Å². The summed E-state index contributed by atoms with van der Waals surface area (Å²) in [5.74, 6) is 1.17. The van der Waals surface area contributed by atoms with Crippen molar-refractivity contribution in [3.05, 3.63) is 28.8 Å². The number of nitrogens with zero attached hydrogens (tertiary/aromatic N) is 1. The van der Waals surface area contributed by atoms with E-state index in [0.29, 0.717) is 10.9 Å². The van der Waals surface area contributed by atoms with E-state index in [2.05, 4.69) is 12.2 Å². The number of carbonyl (C=O) groups is 2. The van der Waals surface area contributed by atoms with Crippen LogP contribution in [0, 0.1) is 24.7 Å². The third-order valence-electron chi connectivity index (χ3n) is 6.00. The van der Waals surface area contributed by atoms with Gasteiger partial charge in [-0.05, 0) is 69.1 Å². The second-order valence-electron chi connectivity index (χ2n) is 8.00. The van der Waals surface area contributed by atoms with Gasteiger partial charge >= 0.3 is 0 Å². The number of amides is 2. The van der Waals surface area contributed by atoms with Crippen LogP contribution in [0.1, 0.15) is 51.0 Å². The maximum atomic E-state index is 12.7. The Kier molecular flexibility index (Phi) is 6.23. The molecule has 1 saturated heterocycles. The summed E-state index contributed by atoms with van der Waals surface area (Å²) in [6.07, 6.45) is 5.43. The summed E-state index contributed by atoms with van der Waals surface area (Å²) in [7, 11) is 0. The average Bonchev–Trinajstić information content (AvgIpc) is 2.65. The highest BCUT2D eigenvalue weighted by atomic mass is 35.5. The number of anilines is 1. The number of hydrogen-bond acceptors (Lipinski definition) is 2. The molecule has 1 aromatic rings. The first-order valence-corrected chi connectivity index (χ1v) is 10.2. The highest BCUT2D eigenvalue weighted by Crippen LogP contribution is 2.32. The van der Waals surface area contributed by atoms with Crippen molar-refractivity contribution in [2.75, 3.05) is 18.4 Å². The Labute approximate surface area is 161 Å². The van der Waals surface area contributed by atoms with E-state index >= 15 is 0 Å². The Hall–Kier alpha value is -1.55. The van der Waals surface area contributed by atoms with Crippen molar-refractivity contribution in [3.63, 3.8) is 0 Å². The van der Waals surface area contributed by atoms with Crippen LogP contribution in [0.4, 0.5) is 5.69 Å². The fourth-order valence-corrected chi connectivity index (χ4v) is 4.23. The molecule has 2 amide bonds. The minimum absolute atomic E-state index is 0.0150. The van der Waals surface area contributed by atoms with Crippen LogP contribution in [0.25, 0.3) is 0 Å². The Balaban J connectivity index is 1.50. The zero-order valence-electron chi connectivity index (χ0n) is 15.8. The largest absolute Gasteiger partial charge is 0.342 e. The van der Waals surface area contributed by atoms with Crippen LogP contribution in [0.15, 0.2) is 18.2 Å². The summed E-state index contributed by atoms with van der Waals surface area (Å²) in [6, 6.07) is 5.53. The van der Waals surface area contributed by atoms with Crippen LogP contribution in [0.5, 0.6) is 0 Å². The first-order valence-electron chi connectivity index (χ1n) is 9.80. The molecule has 3 rings (SSSR count). The first-order chi connectivity index (χ1) is 12.4. The summed E-state index contributed by atoms with van der Waals surface area (Å²) in [5, 5.41) is 3.64. The Morgan fingerprint density at radius 3 is 2.31 bits per heavy atom. The van der Waals surface area contributed by atoms with Crippen molar-refractivity contribution in [1.29, 1.82) is 0 Å². The lowest BCUT2D eigenvalue weighted by Gasteiger charge is -2.35. The molecular weight excluding hydrogens is 348 g/mol. The van der Waals surface area contributed by atoms with Crippen molar-refractivity contribution in [2.24, 2.45) is 17.8 Å². The van der Waals surface area contributed by atoms with Gasteiger partial charge in [0.15, 0.2) is 0 Å². The normalized spacial score (nSPS) is 24.3. The number of aryl methyl sites for hydroxylation is 1. The van der Waals surface area contributed by atoms with Crippen molar-refractivity contribution < 1.29 is 9.59 Å². The smallest absolute Gasteiger partial charge is 0.227 e. The van der Waals surface area contributed by atoms with Crippen LogP contribution < -0.4 is 5.32 Å². The van der Waals surface area contributed by atoms with Crippen molar-refractivity contribution >= 4 is 29.1 Å². The van der Waals surface area contributed by atoms with Crippen LogP contribution in [-0.4, -0.2) is 29.8 Å². The van der Waals surface area contributed by atoms with Gasteiger partial charge in [0.25, 0.3) is 0 Å². The number of benzene rings is 1. The molecule has 1 aliphatic heterocycles. The van der Waals surface area contributed by atoms with Crippen LogP contribution in [0.2, 0.25) is 5.02 Å². The third kappa shape index (κ3) is 4.59. The quantitative estimate of drug-likeness (QED) is 0.834. The number of nitrogens with one attached hydrogen (secondary N) is 1. The minimum Gasteiger partial charge on any atom is -0.342 e. The molecule has 2 fully saturated rings. The van der Waals surface area contributed by atoms with Crippen LogP contribution >= 0.6 is 11.6 Å². The number of carbonyl (C=O) groups excluding carboxylic acids is 2. The van der Waals surface area contributed by atoms with E-state index in [9.17, 15) is 9.59 Å². The summed E-state index contributed by atoms with van der Waals surface area (Å²) in [6.45, 7) is 6.01. The maximum absolute atomic E-state index is 12.7. The summed E-state index contributed by atoms with van der Waals surface area (Å²) in [5.41, 5.74) is 1.79. The molecule has 0 radical (unpaired) electrons. The molecule has 1 N–H and O–H groups in total. The van der Waals surface area contributed by atoms with E-state index in [1.807, 2.05) is 24.0 Å². The van der Waals surface area contributed by atoms with E-state index in [0.717, 1.165) is 68.8 Å². The molecule has 1 saturated carbocycles. The zero-order chi connectivity index (χ0) is 18.7. The van der Waals surface area contributed by atoms with Crippen LogP contribution in [0.3, 0.4) is 0 Å². The lowest BCUT2D eigenvalue weighted by Crippen LogP contribution is -2.42. The molecular formula is C21H29ClN2O2. The first kappa shape index (κ1) is 19.2. The number of hydrogen-bond donors (Lipinski definition) is 1. The molecule has 2 aliphatic rings. The van der Waals surface area contributed by atoms with E-state index in [4.69, 9.17) is 11.6 Å². The zero-order valence-corrected chi connectivity index (χ0v) is 16.5. The third-order valence-corrected chi connectivity index (χ3v) is 6.24. The topological polar surface area (TPSA) is 49.4 Å². The second-order valence-corrected chi connectivity index (χ2v) is 8.44. The molecule has 0 atom stereocenters. The SMILES string of the molecule is Cc1ccc(Cl)cc1NC(=O)C1CCC(C(=O)N2CCC(C)CC2)CC1. The summed E-state index contributed by atoms with van der Waals surface area (Å²) in [4.78, 5) is 27.4. The molecule has 0 bridgehead atoms. The van der Waals surface area contributed by atoms with Gasteiger partial charge in [0.1, 0.15) is 0 Å². The van der Waals surface area contributed by atoms with Crippen LogP contribution in [-0.2, 0) is 9.59 Å². The molecule has 0 aromatic heterocycles. The highest BCUT2D eigenvalue weighted by Gasteiger charge is 2.33. The molecule has 5 heteroatoms. The summed E-state index contributed by atoms with van der Waals surface area (Å²) >= 11 is 6.03. The molecule has 1 aromatic carbocycles. The monoisotopic (exact) mass is 376 g/mol. The number of rotatable bonds is 3. The van der Waals surface area contributed by atoms with Gasteiger partial charge in [-0.3, -0.25) is 9.59 Å². The molecule has 26 heavy (non-hydrogen) atoms. The standard InChI is InChI=1S/C21H29ClN2O2/c1-14-9-11-24(12-10-14)21(26)17-6-4-16(5-7-17)20(25)23-19-13-18(22)8-3-15(19)2/h3,8,13-14,16-17H,4-7,9-12H2,1-2H3,(H,23,25). The van der Waals surface area contributed by atoms with Gasteiger partial charge in [-0.2, -0.15) is 0 Å². The molecule has 4 nitrogen and oxygen atoms in total.